The molecule has 27 heavy (non-hydrogen) atoms. The Morgan fingerprint density at radius 1 is 1.41 bits per heavy atom. The summed E-state index contributed by atoms with van der Waals surface area (Å²) in [6.45, 7) is 3.41. The molecule has 2 aromatic carbocycles. The monoisotopic (exact) mass is 388 g/mol. The second kappa shape index (κ2) is 7.46. The molecule has 0 saturated carbocycles. The Morgan fingerprint density at radius 2 is 2.19 bits per heavy atom. The minimum absolute atomic E-state index is 0.0436. The van der Waals surface area contributed by atoms with Gasteiger partial charge in [0.25, 0.3) is 5.69 Å². The first-order valence-corrected chi connectivity index (χ1v) is 8.03. The third-order valence-electron chi connectivity index (χ3n) is 3.64. The number of rotatable bonds is 6. The van der Waals surface area contributed by atoms with Gasteiger partial charge in [-0.3, -0.25) is 10.1 Å². The number of oxazole rings is 1. The molecule has 0 atom stereocenters. The molecule has 3 aromatic rings. The highest BCUT2D eigenvalue weighted by molar-refractivity contribution is 6.32. The number of non-ortho nitro benzene ring substituents is 1. The van der Waals surface area contributed by atoms with E-state index in [4.69, 9.17) is 25.5 Å². The molecule has 0 fully saturated rings. The van der Waals surface area contributed by atoms with Crippen molar-refractivity contribution >= 4 is 34.4 Å². The fourth-order valence-electron chi connectivity index (χ4n) is 2.41. The number of halogens is 1. The zero-order valence-electron chi connectivity index (χ0n) is 14.1. The van der Waals surface area contributed by atoms with Crippen molar-refractivity contribution in [3.8, 4) is 17.2 Å². The molecule has 0 amide bonds. The Balaban J connectivity index is 2.15. The third kappa shape index (κ3) is 3.61. The van der Waals surface area contributed by atoms with Crippen molar-refractivity contribution < 1.29 is 23.6 Å². The van der Waals surface area contributed by atoms with Gasteiger partial charge in [0.2, 0.25) is 5.89 Å². The molecule has 0 aliphatic rings. The maximum atomic E-state index is 12.3. The molecule has 0 radical (unpaired) electrons. The summed E-state index contributed by atoms with van der Waals surface area (Å²) >= 11 is 6.12. The lowest BCUT2D eigenvalue weighted by Gasteiger charge is -2.03. The molecule has 9 heteroatoms. The molecule has 0 aliphatic heterocycles. The molecule has 0 spiro atoms. The van der Waals surface area contributed by atoms with E-state index in [0.717, 1.165) is 6.07 Å². The summed E-state index contributed by atoms with van der Waals surface area (Å²) in [4.78, 5) is 27.1. The molecular formula is C18H13ClN2O6. The zero-order valence-corrected chi connectivity index (χ0v) is 14.9. The first-order chi connectivity index (χ1) is 12.9. The highest BCUT2D eigenvalue weighted by atomic mass is 35.5. The molecule has 0 bridgehead atoms. The summed E-state index contributed by atoms with van der Waals surface area (Å²) in [5.74, 6) is -0.159. The molecule has 0 saturated heterocycles. The highest BCUT2D eigenvalue weighted by Crippen LogP contribution is 2.34. The highest BCUT2D eigenvalue weighted by Gasteiger charge is 2.23. The van der Waals surface area contributed by atoms with Gasteiger partial charge in [0.05, 0.1) is 17.1 Å². The normalized spacial score (nSPS) is 10.6. The first kappa shape index (κ1) is 18.4. The van der Waals surface area contributed by atoms with Gasteiger partial charge in [-0.2, -0.15) is 0 Å². The Bertz CT molecular complexity index is 1060. The van der Waals surface area contributed by atoms with E-state index in [1.54, 1.807) is 18.2 Å². The number of carbonyl (C=O) groups excluding carboxylic acids is 1. The summed E-state index contributed by atoms with van der Waals surface area (Å²) in [6, 6.07) is 7.18. The second-order valence-corrected chi connectivity index (χ2v) is 5.76. The summed E-state index contributed by atoms with van der Waals surface area (Å²) in [6.07, 6.45) is 1.39. The van der Waals surface area contributed by atoms with Crippen LogP contribution in [0.3, 0.4) is 0 Å². The summed E-state index contributed by atoms with van der Waals surface area (Å²) in [5.41, 5.74) is 0.346. The summed E-state index contributed by atoms with van der Waals surface area (Å²) in [5, 5.41) is 11.5. The number of esters is 1. The van der Waals surface area contributed by atoms with E-state index in [2.05, 4.69) is 11.6 Å². The first-order valence-electron chi connectivity index (χ1n) is 7.65. The molecule has 1 heterocycles. The SMILES string of the molecule is C=CCOC(=O)c1cc([N+](=O)[O-])cc2nc(-c3ccc(OC)c(Cl)c3)oc12. The van der Waals surface area contributed by atoms with Gasteiger partial charge in [-0.15, -0.1) is 0 Å². The van der Waals surface area contributed by atoms with E-state index in [1.165, 1.54) is 19.3 Å². The lowest BCUT2D eigenvalue weighted by atomic mass is 10.1. The van der Waals surface area contributed by atoms with Crippen LogP contribution in [-0.2, 0) is 4.74 Å². The van der Waals surface area contributed by atoms with Gasteiger partial charge >= 0.3 is 5.97 Å². The summed E-state index contributed by atoms with van der Waals surface area (Å²) < 4.78 is 15.8. The van der Waals surface area contributed by atoms with Gasteiger partial charge in [0, 0.05) is 17.7 Å². The number of ether oxygens (including phenoxy) is 2. The molecule has 138 valence electrons. The van der Waals surface area contributed by atoms with Crippen molar-refractivity contribution in [1.82, 2.24) is 4.98 Å². The number of hydrogen-bond acceptors (Lipinski definition) is 7. The Morgan fingerprint density at radius 3 is 2.81 bits per heavy atom. The topological polar surface area (TPSA) is 105 Å². The molecular weight excluding hydrogens is 376 g/mol. The lowest BCUT2D eigenvalue weighted by molar-refractivity contribution is -0.384. The van der Waals surface area contributed by atoms with Crippen LogP contribution in [-0.4, -0.2) is 29.6 Å². The number of nitro groups is 1. The number of carbonyl (C=O) groups is 1. The van der Waals surface area contributed by atoms with Gasteiger partial charge in [0.15, 0.2) is 5.58 Å². The van der Waals surface area contributed by atoms with Crippen molar-refractivity contribution in [2.45, 2.75) is 0 Å². The molecule has 0 aliphatic carbocycles. The van der Waals surface area contributed by atoms with E-state index in [-0.39, 0.29) is 34.8 Å². The molecule has 1 aromatic heterocycles. The second-order valence-electron chi connectivity index (χ2n) is 5.35. The minimum Gasteiger partial charge on any atom is -0.495 e. The fraction of sp³-hybridized carbons (Fsp3) is 0.111. The van der Waals surface area contributed by atoms with Gasteiger partial charge in [0.1, 0.15) is 23.4 Å². The fourth-order valence-corrected chi connectivity index (χ4v) is 2.67. The Labute approximate surface area is 158 Å². The standard InChI is InChI=1S/C18H13ClN2O6/c1-3-6-26-18(22)12-8-11(21(23)24)9-14-16(12)27-17(20-14)10-4-5-15(25-2)13(19)7-10/h3-5,7-9H,1,6H2,2H3. The van der Waals surface area contributed by atoms with E-state index in [0.29, 0.717) is 16.3 Å². The number of fused-ring (bicyclic) bond motifs is 1. The van der Waals surface area contributed by atoms with Crippen LogP contribution in [0.4, 0.5) is 5.69 Å². The average Bonchev–Trinajstić information content (AvgIpc) is 3.09. The summed E-state index contributed by atoms with van der Waals surface area (Å²) in [7, 11) is 1.49. The van der Waals surface area contributed by atoms with Crippen molar-refractivity contribution in [2.24, 2.45) is 0 Å². The van der Waals surface area contributed by atoms with Gasteiger partial charge < -0.3 is 13.9 Å². The van der Waals surface area contributed by atoms with E-state index < -0.39 is 10.9 Å². The van der Waals surface area contributed by atoms with Gasteiger partial charge in [-0.05, 0) is 18.2 Å². The number of nitrogens with zero attached hydrogens (tertiary/aromatic N) is 2. The quantitative estimate of drug-likeness (QED) is 0.266. The van der Waals surface area contributed by atoms with Crippen molar-refractivity contribution in [3.05, 3.63) is 63.7 Å². The van der Waals surface area contributed by atoms with Crippen molar-refractivity contribution in [3.63, 3.8) is 0 Å². The number of methoxy groups -OCH3 is 1. The van der Waals surface area contributed by atoms with Crippen LogP contribution in [0, 0.1) is 10.1 Å². The Kier molecular flexibility index (Phi) is 5.09. The van der Waals surface area contributed by atoms with Crippen LogP contribution in [0.25, 0.3) is 22.6 Å². The maximum absolute atomic E-state index is 12.3. The predicted octanol–water partition coefficient (Wildman–Crippen LogP) is 4.41. The number of nitro benzene ring substituents is 1. The third-order valence-corrected chi connectivity index (χ3v) is 3.93. The van der Waals surface area contributed by atoms with Crippen LogP contribution in [0.15, 0.2) is 47.4 Å². The predicted molar refractivity (Wildman–Crippen MR) is 98.1 cm³/mol. The average molecular weight is 389 g/mol. The number of hydrogen-bond donors (Lipinski definition) is 0. The van der Waals surface area contributed by atoms with E-state index in [1.807, 2.05) is 0 Å². The van der Waals surface area contributed by atoms with Crippen molar-refractivity contribution in [2.75, 3.05) is 13.7 Å². The zero-order chi connectivity index (χ0) is 19.6. The van der Waals surface area contributed by atoms with Crippen LogP contribution in [0.5, 0.6) is 5.75 Å². The van der Waals surface area contributed by atoms with Crippen molar-refractivity contribution in [1.29, 1.82) is 0 Å². The number of aromatic nitrogens is 1. The van der Waals surface area contributed by atoms with E-state index >= 15 is 0 Å². The lowest BCUT2D eigenvalue weighted by Crippen LogP contribution is -2.06. The van der Waals surface area contributed by atoms with Crippen LogP contribution in [0.1, 0.15) is 10.4 Å². The molecule has 0 unspecified atom stereocenters. The van der Waals surface area contributed by atoms with Crippen LogP contribution < -0.4 is 4.74 Å². The van der Waals surface area contributed by atoms with Gasteiger partial charge in [-0.1, -0.05) is 24.3 Å². The molecule has 8 nitrogen and oxygen atoms in total. The minimum atomic E-state index is -0.779. The molecule has 0 N–H and O–H groups in total. The maximum Gasteiger partial charge on any atom is 0.342 e. The van der Waals surface area contributed by atoms with Crippen LogP contribution in [0.2, 0.25) is 5.02 Å². The van der Waals surface area contributed by atoms with E-state index in [9.17, 15) is 14.9 Å². The largest absolute Gasteiger partial charge is 0.495 e. The van der Waals surface area contributed by atoms with Gasteiger partial charge in [-0.25, -0.2) is 9.78 Å². The molecule has 3 rings (SSSR count). The Hall–Kier alpha value is -3.39. The number of benzene rings is 2. The van der Waals surface area contributed by atoms with Crippen LogP contribution >= 0.6 is 11.6 Å². The smallest absolute Gasteiger partial charge is 0.342 e.